The van der Waals surface area contributed by atoms with Crippen LogP contribution in [0.15, 0.2) is 11.6 Å². The molecule has 0 aromatic rings. The summed E-state index contributed by atoms with van der Waals surface area (Å²) in [4.78, 5) is 0. The first kappa shape index (κ1) is 12.8. The van der Waals surface area contributed by atoms with Crippen LogP contribution in [0.3, 0.4) is 0 Å². The van der Waals surface area contributed by atoms with Gasteiger partial charge in [-0.25, -0.2) is 0 Å². The standard InChI is InChI=1S/C14H26O/c1-10-8-13(14(4,5)9-10)7-6-11(2)12(3)15/h9,11-13,15H,6-8H2,1-5H3. The average Bonchev–Trinajstić information content (AvgIpc) is 2.34. The molecule has 0 radical (unpaired) electrons. The summed E-state index contributed by atoms with van der Waals surface area (Å²) in [6, 6.07) is 0. The Morgan fingerprint density at radius 2 is 2.07 bits per heavy atom. The fourth-order valence-corrected chi connectivity index (χ4v) is 2.64. The van der Waals surface area contributed by atoms with Crippen molar-refractivity contribution < 1.29 is 5.11 Å². The molecule has 0 saturated heterocycles. The van der Waals surface area contributed by atoms with Gasteiger partial charge in [0.2, 0.25) is 0 Å². The normalized spacial score (nSPS) is 28.7. The lowest BCUT2D eigenvalue weighted by molar-refractivity contribution is 0.120. The van der Waals surface area contributed by atoms with E-state index in [0.29, 0.717) is 11.3 Å². The molecule has 3 unspecified atom stereocenters. The number of aliphatic hydroxyl groups excluding tert-OH is 1. The van der Waals surface area contributed by atoms with Crippen molar-refractivity contribution >= 4 is 0 Å². The SMILES string of the molecule is CC1=CC(C)(C)C(CCC(C)C(C)O)C1. The summed E-state index contributed by atoms with van der Waals surface area (Å²) in [5.74, 6) is 1.21. The Labute approximate surface area is 94.6 Å². The van der Waals surface area contributed by atoms with E-state index in [-0.39, 0.29) is 6.10 Å². The zero-order chi connectivity index (χ0) is 11.6. The maximum atomic E-state index is 9.46. The average molecular weight is 210 g/mol. The van der Waals surface area contributed by atoms with Gasteiger partial charge < -0.3 is 5.11 Å². The van der Waals surface area contributed by atoms with Gasteiger partial charge in [-0.15, -0.1) is 0 Å². The minimum Gasteiger partial charge on any atom is -0.393 e. The minimum absolute atomic E-state index is 0.163. The molecule has 0 fully saturated rings. The Balaban J connectivity index is 2.42. The summed E-state index contributed by atoms with van der Waals surface area (Å²) in [7, 11) is 0. The molecule has 0 heterocycles. The molecule has 1 heteroatoms. The van der Waals surface area contributed by atoms with Crippen LogP contribution < -0.4 is 0 Å². The fraction of sp³-hybridized carbons (Fsp3) is 0.857. The zero-order valence-corrected chi connectivity index (χ0v) is 10.9. The Morgan fingerprint density at radius 3 is 2.47 bits per heavy atom. The molecule has 0 aromatic carbocycles. The Hall–Kier alpha value is -0.300. The van der Waals surface area contributed by atoms with E-state index in [1.165, 1.54) is 18.4 Å². The van der Waals surface area contributed by atoms with E-state index in [9.17, 15) is 5.11 Å². The second kappa shape index (κ2) is 4.69. The lowest BCUT2D eigenvalue weighted by atomic mass is 9.78. The van der Waals surface area contributed by atoms with E-state index < -0.39 is 0 Å². The highest BCUT2D eigenvalue weighted by atomic mass is 16.3. The third-order valence-corrected chi connectivity index (χ3v) is 4.03. The quantitative estimate of drug-likeness (QED) is 0.700. The van der Waals surface area contributed by atoms with E-state index in [1.54, 1.807) is 0 Å². The first-order valence-electron chi connectivity index (χ1n) is 6.19. The maximum Gasteiger partial charge on any atom is 0.0537 e. The number of hydrogen-bond donors (Lipinski definition) is 1. The molecule has 1 nitrogen and oxygen atoms in total. The smallest absolute Gasteiger partial charge is 0.0537 e. The molecular formula is C14H26O. The van der Waals surface area contributed by atoms with Crippen LogP contribution in [0.5, 0.6) is 0 Å². The van der Waals surface area contributed by atoms with Crippen molar-refractivity contribution in [2.45, 2.75) is 60.0 Å². The first-order chi connectivity index (χ1) is 6.83. The van der Waals surface area contributed by atoms with Crippen molar-refractivity contribution in [3.63, 3.8) is 0 Å². The van der Waals surface area contributed by atoms with Gasteiger partial charge in [0.05, 0.1) is 6.10 Å². The van der Waals surface area contributed by atoms with Crippen LogP contribution in [-0.4, -0.2) is 11.2 Å². The van der Waals surface area contributed by atoms with Gasteiger partial charge in [0, 0.05) is 0 Å². The topological polar surface area (TPSA) is 20.2 Å². The zero-order valence-electron chi connectivity index (χ0n) is 10.9. The van der Waals surface area contributed by atoms with Crippen molar-refractivity contribution in [2.24, 2.45) is 17.3 Å². The van der Waals surface area contributed by atoms with Gasteiger partial charge in [0.1, 0.15) is 0 Å². The second-order valence-corrected chi connectivity index (χ2v) is 6.01. The Kier molecular flexibility index (Phi) is 3.99. The first-order valence-corrected chi connectivity index (χ1v) is 6.19. The van der Waals surface area contributed by atoms with E-state index in [1.807, 2.05) is 6.92 Å². The highest BCUT2D eigenvalue weighted by Gasteiger charge is 2.32. The van der Waals surface area contributed by atoms with Crippen LogP contribution in [0.25, 0.3) is 0 Å². The van der Waals surface area contributed by atoms with Crippen molar-refractivity contribution in [1.29, 1.82) is 0 Å². The molecule has 0 bridgehead atoms. The number of rotatable bonds is 4. The monoisotopic (exact) mass is 210 g/mol. The van der Waals surface area contributed by atoms with Gasteiger partial charge in [0.25, 0.3) is 0 Å². The third kappa shape index (κ3) is 3.34. The van der Waals surface area contributed by atoms with Crippen LogP contribution in [0.2, 0.25) is 0 Å². The number of aliphatic hydroxyl groups is 1. The van der Waals surface area contributed by atoms with E-state index in [2.05, 4.69) is 33.8 Å². The van der Waals surface area contributed by atoms with Gasteiger partial charge in [-0.1, -0.05) is 32.4 Å². The lowest BCUT2D eigenvalue weighted by Gasteiger charge is -2.27. The van der Waals surface area contributed by atoms with Crippen LogP contribution in [-0.2, 0) is 0 Å². The van der Waals surface area contributed by atoms with Crippen molar-refractivity contribution in [1.82, 2.24) is 0 Å². The molecule has 15 heavy (non-hydrogen) atoms. The molecule has 0 amide bonds. The van der Waals surface area contributed by atoms with Crippen molar-refractivity contribution in [3.8, 4) is 0 Å². The molecule has 1 aliphatic carbocycles. The van der Waals surface area contributed by atoms with Crippen molar-refractivity contribution in [3.05, 3.63) is 11.6 Å². The third-order valence-electron chi connectivity index (χ3n) is 4.03. The second-order valence-electron chi connectivity index (χ2n) is 6.01. The number of allylic oxidation sites excluding steroid dienone is 2. The molecule has 88 valence electrons. The highest BCUT2D eigenvalue weighted by Crippen LogP contribution is 2.43. The van der Waals surface area contributed by atoms with Gasteiger partial charge in [-0.05, 0) is 50.4 Å². The van der Waals surface area contributed by atoms with Gasteiger partial charge in [-0.3, -0.25) is 0 Å². The Morgan fingerprint density at radius 1 is 1.47 bits per heavy atom. The molecule has 0 aromatic heterocycles. The summed E-state index contributed by atoms with van der Waals surface area (Å²) in [6.07, 6.45) is 5.90. The summed E-state index contributed by atoms with van der Waals surface area (Å²) in [5.41, 5.74) is 1.90. The van der Waals surface area contributed by atoms with Gasteiger partial charge >= 0.3 is 0 Å². The van der Waals surface area contributed by atoms with E-state index in [4.69, 9.17) is 0 Å². The largest absolute Gasteiger partial charge is 0.393 e. The predicted molar refractivity (Wildman–Crippen MR) is 65.7 cm³/mol. The van der Waals surface area contributed by atoms with Crippen LogP contribution in [0, 0.1) is 17.3 Å². The number of hydrogen-bond acceptors (Lipinski definition) is 1. The Bertz CT molecular complexity index is 238. The maximum absolute atomic E-state index is 9.46. The molecule has 1 N–H and O–H groups in total. The predicted octanol–water partition coefficient (Wildman–Crippen LogP) is 3.78. The van der Waals surface area contributed by atoms with Gasteiger partial charge in [0.15, 0.2) is 0 Å². The minimum atomic E-state index is -0.163. The summed E-state index contributed by atoms with van der Waals surface area (Å²) in [5, 5.41) is 9.46. The van der Waals surface area contributed by atoms with Gasteiger partial charge in [-0.2, -0.15) is 0 Å². The van der Waals surface area contributed by atoms with E-state index >= 15 is 0 Å². The molecular weight excluding hydrogens is 184 g/mol. The van der Waals surface area contributed by atoms with Crippen LogP contribution in [0.4, 0.5) is 0 Å². The summed E-state index contributed by atoms with van der Waals surface area (Å²) in [6.45, 7) is 10.9. The molecule has 1 rings (SSSR count). The van der Waals surface area contributed by atoms with E-state index in [0.717, 1.165) is 12.3 Å². The highest BCUT2D eigenvalue weighted by molar-refractivity contribution is 5.15. The lowest BCUT2D eigenvalue weighted by Crippen LogP contribution is -2.20. The molecule has 1 aliphatic rings. The van der Waals surface area contributed by atoms with Crippen LogP contribution in [0.1, 0.15) is 53.9 Å². The molecule has 0 saturated carbocycles. The summed E-state index contributed by atoms with van der Waals surface area (Å²) >= 11 is 0. The molecule has 0 spiro atoms. The molecule has 0 aliphatic heterocycles. The fourth-order valence-electron chi connectivity index (χ4n) is 2.64. The van der Waals surface area contributed by atoms with Crippen molar-refractivity contribution in [2.75, 3.05) is 0 Å². The molecule has 3 atom stereocenters. The van der Waals surface area contributed by atoms with Crippen LogP contribution >= 0.6 is 0 Å². The summed E-state index contributed by atoms with van der Waals surface area (Å²) < 4.78 is 0.